The summed E-state index contributed by atoms with van der Waals surface area (Å²) < 4.78 is 37.0. The van der Waals surface area contributed by atoms with Crippen LogP contribution in [0.15, 0.2) is 36.4 Å². The number of amides is 1. The highest BCUT2D eigenvalue weighted by Gasteiger charge is 2.21. The number of carbonyl (C=O) groups is 1. The highest BCUT2D eigenvalue weighted by Crippen LogP contribution is 2.28. The third kappa shape index (κ3) is 7.17. The molecule has 2 aromatic rings. The van der Waals surface area contributed by atoms with E-state index < -0.39 is 10.0 Å². The van der Waals surface area contributed by atoms with Gasteiger partial charge in [-0.2, -0.15) is 0 Å². The monoisotopic (exact) mass is 448 g/mol. The van der Waals surface area contributed by atoms with Crippen molar-refractivity contribution in [2.75, 3.05) is 37.4 Å². The van der Waals surface area contributed by atoms with Crippen molar-refractivity contribution >= 4 is 21.6 Å². The molecule has 2 aromatic carbocycles. The summed E-state index contributed by atoms with van der Waals surface area (Å²) in [6.45, 7) is 6.70. The fraction of sp³-hybridized carbons (Fsp3) is 0.435. The van der Waals surface area contributed by atoms with Crippen LogP contribution in [0.3, 0.4) is 0 Å². The second-order valence-corrected chi connectivity index (χ2v) is 9.44. The molecule has 7 nitrogen and oxygen atoms in total. The van der Waals surface area contributed by atoms with Crippen LogP contribution in [0.25, 0.3) is 0 Å². The molecule has 0 bridgehead atoms. The number of ether oxygens (including phenoxy) is 2. The van der Waals surface area contributed by atoms with Crippen LogP contribution in [-0.2, 0) is 14.8 Å². The lowest BCUT2D eigenvalue weighted by Crippen LogP contribution is -2.33. The van der Waals surface area contributed by atoms with Crippen LogP contribution in [-0.4, -0.2) is 47.4 Å². The van der Waals surface area contributed by atoms with Gasteiger partial charge in [-0.15, -0.1) is 0 Å². The smallest absolute Gasteiger partial charge is 0.232 e. The van der Waals surface area contributed by atoms with E-state index in [1.165, 1.54) is 10.6 Å². The van der Waals surface area contributed by atoms with Crippen LogP contribution in [0.4, 0.5) is 5.69 Å². The predicted molar refractivity (Wildman–Crippen MR) is 124 cm³/mol. The SMILES string of the molecule is COc1ccccc1OCCNC(=O)CCCN(c1c(C)cc(C)cc1C)S(C)(=O)=O. The van der Waals surface area contributed by atoms with Crippen LogP contribution < -0.4 is 19.1 Å². The number of nitrogens with zero attached hydrogens (tertiary/aromatic N) is 1. The predicted octanol–water partition coefficient (Wildman–Crippen LogP) is 3.36. The van der Waals surface area contributed by atoms with Crippen LogP contribution in [0.5, 0.6) is 11.5 Å². The van der Waals surface area contributed by atoms with Crippen molar-refractivity contribution in [3.63, 3.8) is 0 Å². The van der Waals surface area contributed by atoms with Crippen molar-refractivity contribution in [2.24, 2.45) is 0 Å². The summed E-state index contributed by atoms with van der Waals surface area (Å²) in [5, 5.41) is 2.80. The van der Waals surface area contributed by atoms with Gasteiger partial charge in [0.05, 0.1) is 25.6 Å². The summed E-state index contributed by atoms with van der Waals surface area (Å²) in [5.41, 5.74) is 3.59. The fourth-order valence-corrected chi connectivity index (χ4v) is 4.65. The lowest BCUT2D eigenvalue weighted by molar-refractivity contribution is -0.121. The molecule has 0 fully saturated rings. The largest absolute Gasteiger partial charge is 0.493 e. The van der Waals surface area contributed by atoms with E-state index in [-0.39, 0.29) is 18.9 Å². The zero-order valence-corrected chi connectivity index (χ0v) is 19.7. The zero-order valence-electron chi connectivity index (χ0n) is 18.9. The Hall–Kier alpha value is -2.74. The molecule has 0 unspecified atom stereocenters. The minimum Gasteiger partial charge on any atom is -0.493 e. The standard InChI is InChI=1S/C23H32N2O5S/c1-17-15-18(2)23(19(3)16-17)25(31(5,27)28)13-8-11-22(26)24-12-14-30-21-10-7-6-9-20(21)29-4/h6-7,9-10,15-16H,8,11-14H2,1-5H3,(H,24,26). The average molecular weight is 449 g/mol. The van der Waals surface area contributed by atoms with Crippen molar-refractivity contribution in [3.8, 4) is 11.5 Å². The molecule has 1 amide bonds. The number of aryl methyl sites for hydroxylation is 3. The number of sulfonamides is 1. The number of anilines is 1. The number of nitrogens with one attached hydrogen (secondary N) is 1. The van der Waals surface area contributed by atoms with Gasteiger partial charge < -0.3 is 14.8 Å². The molecule has 0 atom stereocenters. The first-order valence-electron chi connectivity index (χ1n) is 10.2. The number of benzene rings is 2. The van der Waals surface area contributed by atoms with Crippen LogP contribution in [0, 0.1) is 20.8 Å². The van der Waals surface area contributed by atoms with Crippen molar-refractivity contribution in [1.82, 2.24) is 5.32 Å². The highest BCUT2D eigenvalue weighted by molar-refractivity contribution is 7.92. The Kier molecular flexibility index (Phi) is 8.74. The van der Waals surface area contributed by atoms with Gasteiger partial charge in [0.25, 0.3) is 0 Å². The molecule has 1 N–H and O–H groups in total. The first-order chi connectivity index (χ1) is 14.6. The van der Waals surface area contributed by atoms with Gasteiger partial charge in [-0.25, -0.2) is 8.42 Å². The number of hydrogen-bond donors (Lipinski definition) is 1. The molecule has 31 heavy (non-hydrogen) atoms. The molecule has 8 heteroatoms. The van der Waals surface area contributed by atoms with E-state index in [4.69, 9.17) is 9.47 Å². The Balaban J connectivity index is 1.85. The van der Waals surface area contributed by atoms with E-state index >= 15 is 0 Å². The second kappa shape index (κ2) is 11.0. The Morgan fingerprint density at radius 2 is 1.68 bits per heavy atom. The second-order valence-electron chi connectivity index (χ2n) is 7.54. The summed E-state index contributed by atoms with van der Waals surface area (Å²) in [6, 6.07) is 11.2. The van der Waals surface area contributed by atoms with E-state index in [0.717, 1.165) is 16.7 Å². The zero-order chi connectivity index (χ0) is 23.0. The summed E-state index contributed by atoms with van der Waals surface area (Å²) >= 11 is 0. The summed E-state index contributed by atoms with van der Waals surface area (Å²) in [6.07, 6.45) is 1.84. The van der Waals surface area contributed by atoms with Gasteiger partial charge in [0.2, 0.25) is 15.9 Å². The minimum atomic E-state index is -3.46. The average Bonchev–Trinajstić information content (AvgIpc) is 2.68. The number of methoxy groups -OCH3 is 1. The quantitative estimate of drug-likeness (QED) is 0.533. The minimum absolute atomic E-state index is 0.144. The van der Waals surface area contributed by atoms with Gasteiger partial charge >= 0.3 is 0 Å². The fourth-order valence-electron chi connectivity index (χ4n) is 3.57. The maximum Gasteiger partial charge on any atom is 0.232 e. The Bertz CT molecular complexity index is 982. The van der Waals surface area contributed by atoms with Crippen LogP contribution in [0.1, 0.15) is 29.5 Å². The Labute approximate surface area is 185 Å². The van der Waals surface area contributed by atoms with Gasteiger partial charge in [-0.3, -0.25) is 9.10 Å². The lowest BCUT2D eigenvalue weighted by Gasteiger charge is -2.26. The number of carbonyl (C=O) groups excluding carboxylic acids is 1. The molecule has 0 spiro atoms. The number of hydrogen-bond acceptors (Lipinski definition) is 5. The van der Waals surface area contributed by atoms with Crippen LogP contribution in [0.2, 0.25) is 0 Å². The first kappa shape index (κ1) is 24.5. The summed E-state index contributed by atoms with van der Waals surface area (Å²) in [4.78, 5) is 12.2. The summed E-state index contributed by atoms with van der Waals surface area (Å²) in [7, 11) is -1.89. The highest BCUT2D eigenvalue weighted by atomic mass is 32.2. The molecule has 0 aliphatic rings. The Morgan fingerprint density at radius 3 is 2.26 bits per heavy atom. The molecule has 170 valence electrons. The van der Waals surface area contributed by atoms with Crippen molar-refractivity contribution in [1.29, 1.82) is 0 Å². The Morgan fingerprint density at radius 1 is 1.06 bits per heavy atom. The third-order valence-corrected chi connectivity index (χ3v) is 5.97. The van der Waals surface area contributed by atoms with E-state index in [0.29, 0.717) is 36.8 Å². The van der Waals surface area contributed by atoms with Crippen molar-refractivity contribution in [2.45, 2.75) is 33.6 Å². The normalized spacial score (nSPS) is 11.1. The van der Waals surface area contributed by atoms with Gasteiger partial charge in [0.15, 0.2) is 11.5 Å². The lowest BCUT2D eigenvalue weighted by atomic mass is 10.0. The number of rotatable bonds is 11. The van der Waals surface area contributed by atoms with E-state index in [1.54, 1.807) is 19.2 Å². The van der Waals surface area contributed by atoms with Crippen LogP contribution >= 0.6 is 0 Å². The van der Waals surface area contributed by atoms with E-state index in [1.807, 2.05) is 45.0 Å². The van der Waals surface area contributed by atoms with E-state index in [9.17, 15) is 13.2 Å². The van der Waals surface area contributed by atoms with Gasteiger partial charge in [0.1, 0.15) is 6.61 Å². The molecular weight excluding hydrogens is 416 g/mol. The maximum absolute atomic E-state index is 12.4. The topological polar surface area (TPSA) is 84.9 Å². The van der Waals surface area contributed by atoms with Crippen molar-refractivity contribution < 1.29 is 22.7 Å². The summed E-state index contributed by atoms with van der Waals surface area (Å²) in [5.74, 6) is 1.11. The molecular formula is C23H32N2O5S. The number of para-hydroxylation sites is 2. The first-order valence-corrected chi connectivity index (χ1v) is 12.1. The maximum atomic E-state index is 12.4. The molecule has 0 aliphatic heterocycles. The van der Waals surface area contributed by atoms with Gasteiger partial charge in [-0.05, 0) is 50.5 Å². The molecule has 0 saturated carbocycles. The molecule has 0 radical (unpaired) electrons. The molecule has 2 rings (SSSR count). The van der Waals surface area contributed by atoms with E-state index in [2.05, 4.69) is 5.32 Å². The molecule has 0 aromatic heterocycles. The molecule has 0 aliphatic carbocycles. The van der Waals surface area contributed by atoms with Gasteiger partial charge in [-0.1, -0.05) is 29.8 Å². The molecule has 0 saturated heterocycles. The third-order valence-electron chi connectivity index (χ3n) is 4.80. The molecule has 0 heterocycles. The van der Waals surface area contributed by atoms with Gasteiger partial charge in [0, 0.05) is 13.0 Å². The van der Waals surface area contributed by atoms with Crippen molar-refractivity contribution in [3.05, 3.63) is 53.1 Å².